The molecule has 0 aliphatic carbocycles. The Hall–Kier alpha value is -3.27. The molecule has 178 valence electrons. The molecule has 2 rings (SSSR count). The first kappa shape index (κ1) is 26.0. The largest absolute Gasteiger partial charge is 0.497 e. The summed E-state index contributed by atoms with van der Waals surface area (Å²) in [5.41, 5.74) is -0.700. The van der Waals surface area contributed by atoms with Gasteiger partial charge in [-0.3, -0.25) is 14.4 Å². The minimum absolute atomic E-state index is 0.0752. The van der Waals surface area contributed by atoms with Crippen molar-refractivity contribution >= 4 is 35.0 Å². The van der Waals surface area contributed by atoms with Crippen LogP contribution in [0.2, 0.25) is 5.02 Å². The third kappa shape index (κ3) is 7.98. The number of rotatable bonds is 9. The lowest BCUT2D eigenvalue weighted by Crippen LogP contribution is -2.35. The number of ether oxygens (including phenoxy) is 1. The molecule has 0 unspecified atom stereocenters. The minimum atomic E-state index is -4.66. The van der Waals surface area contributed by atoms with E-state index in [0.717, 1.165) is 17.0 Å². The molecule has 0 aliphatic heterocycles. The van der Waals surface area contributed by atoms with Gasteiger partial charge < -0.3 is 20.3 Å². The van der Waals surface area contributed by atoms with Crippen LogP contribution < -0.4 is 15.4 Å². The lowest BCUT2D eigenvalue weighted by Gasteiger charge is -2.17. The molecular formula is C22H23ClF3N3O4. The Kier molecular flexibility index (Phi) is 9.10. The smallest absolute Gasteiger partial charge is 0.417 e. The summed E-state index contributed by atoms with van der Waals surface area (Å²) in [4.78, 5) is 37.5. The van der Waals surface area contributed by atoms with Gasteiger partial charge in [-0.25, -0.2) is 0 Å². The topological polar surface area (TPSA) is 87.7 Å². The van der Waals surface area contributed by atoms with E-state index in [1.807, 2.05) is 0 Å². The predicted octanol–water partition coefficient (Wildman–Crippen LogP) is 3.97. The summed E-state index contributed by atoms with van der Waals surface area (Å²) in [7, 11) is 2.93. The molecule has 0 saturated carbocycles. The zero-order valence-corrected chi connectivity index (χ0v) is 18.7. The fraction of sp³-hybridized carbons (Fsp3) is 0.318. The average Bonchev–Trinajstić information content (AvgIpc) is 2.76. The van der Waals surface area contributed by atoms with Crippen LogP contribution in [0.4, 0.5) is 18.9 Å². The number of nitrogens with one attached hydrogen (secondary N) is 2. The Morgan fingerprint density at radius 2 is 1.76 bits per heavy atom. The van der Waals surface area contributed by atoms with Crippen LogP contribution in [-0.4, -0.2) is 49.9 Å². The van der Waals surface area contributed by atoms with Crippen molar-refractivity contribution < 1.29 is 32.3 Å². The van der Waals surface area contributed by atoms with Gasteiger partial charge in [0.1, 0.15) is 5.75 Å². The highest BCUT2D eigenvalue weighted by Crippen LogP contribution is 2.36. The molecule has 2 aromatic carbocycles. The molecule has 7 nitrogen and oxygen atoms in total. The molecule has 0 heterocycles. The number of hydrogen-bond acceptors (Lipinski definition) is 4. The zero-order valence-electron chi connectivity index (χ0n) is 18.0. The number of anilines is 1. The Labute approximate surface area is 193 Å². The van der Waals surface area contributed by atoms with E-state index in [4.69, 9.17) is 16.3 Å². The van der Waals surface area contributed by atoms with Crippen LogP contribution in [0.25, 0.3) is 0 Å². The van der Waals surface area contributed by atoms with Crippen LogP contribution in [0.3, 0.4) is 0 Å². The van der Waals surface area contributed by atoms with Crippen molar-refractivity contribution in [2.75, 3.05) is 32.6 Å². The van der Waals surface area contributed by atoms with Crippen molar-refractivity contribution in [2.24, 2.45) is 0 Å². The molecule has 0 atom stereocenters. The molecule has 2 N–H and O–H groups in total. The third-order valence-corrected chi connectivity index (χ3v) is 4.90. The first-order valence-electron chi connectivity index (χ1n) is 9.84. The fourth-order valence-electron chi connectivity index (χ4n) is 2.80. The number of carbonyl (C=O) groups is 3. The molecule has 0 bridgehead atoms. The maximum atomic E-state index is 12.9. The number of halogens is 4. The Morgan fingerprint density at radius 1 is 1.09 bits per heavy atom. The zero-order chi connectivity index (χ0) is 24.6. The summed E-state index contributed by atoms with van der Waals surface area (Å²) in [6.45, 7) is -0.0946. The van der Waals surface area contributed by atoms with Gasteiger partial charge in [0.25, 0.3) is 5.91 Å². The summed E-state index contributed by atoms with van der Waals surface area (Å²) in [6.07, 6.45) is -4.24. The van der Waals surface area contributed by atoms with Crippen LogP contribution in [-0.2, 0) is 15.8 Å². The SMILES string of the molecule is COc1ccc(C(=O)NCCCC(=O)N(C)CC(=O)Nc2ccc(Cl)c(C(F)(F)F)c2)cc1. The highest BCUT2D eigenvalue weighted by Gasteiger charge is 2.33. The maximum absolute atomic E-state index is 12.9. The number of carbonyl (C=O) groups excluding carboxylic acids is 3. The molecule has 0 saturated heterocycles. The number of alkyl halides is 3. The number of amides is 3. The van der Waals surface area contributed by atoms with Gasteiger partial charge in [0.05, 0.1) is 24.2 Å². The van der Waals surface area contributed by atoms with Gasteiger partial charge in [-0.15, -0.1) is 0 Å². The summed E-state index contributed by atoms with van der Waals surface area (Å²) in [6, 6.07) is 9.55. The molecule has 0 fully saturated rings. The van der Waals surface area contributed by atoms with Gasteiger partial charge in [-0.1, -0.05) is 11.6 Å². The fourth-order valence-corrected chi connectivity index (χ4v) is 3.03. The van der Waals surface area contributed by atoms with E-state index in [0.29, 0.717) is 17.7 Å². The second-order valence-corrected chi connectivity index (χ2v) is 7.49. The van der Waals surface area contributed by atoms with Crippen LogP contribution in [0.15, 0.2) is 42.5 Å². The predicted molar refractivity (Wildman–Crippen MR) is 117 cm³/mol. The van der Waals surface area contributed by atoms with E-state index in [1.165, 1.54) is 20.2 Å². The Balaban J connectivity index is 1.76. The molecule has 0 aromatic heterocycles. The quantitative estimate of drug-likeness (QED) is 0.526. The minimum Gasteiger partial charge on any atom is -0.497 e. The highest BCUT2D eigenvalue weighted by atomic mass is 35.5. The lowest BCUT2D eigenvalue weighted by atomic mass is 10.2. The summed E-state index contributed by atoms with van der Waals surface area (Å²) in [5.74, 6) is -0.676. The number of likely N-dealkylation sites (N-methyl/N-ethyl adjacent to an activating group) is 1. The van der Waals surface area contributed by atoms with E-state index < -0.39 is 22.7 Å². The number of methoxy groups -OCH3 is 1. The Morgan fingerprint density at radius 3 is 2.36 bits per heavy atom. The molecule has 33 heavy (non-hydrogen) atoms. The first-order chi connectivity index (χ1) is 15.5. The van der Waals surface area contributed by atoms with Gasteiger partial charge in [0.2, 0.25) is 11.8 Å². The maximum Gasteiger partial charge on any atom is 0.417 e. The first-order valence-corrected chi connectivity index (χ1v) is 10.2. The second-order valence-electron chi connectivity index (χ2n) is 7.08. The molecule has 2 aromatic rings. The van der Waals surface area contributed by atoms with Gasteiger partial charge in [0.15, 0.2) is 0 Å². The van der Waals surface area contributed by atoms with Crippen LogP contribution >= 0.6 is 11.6 Å². The van der Waals surface area contributed by atoms with Crippen molar-refractivity contribution in [1.82, 2.24) is 10.2 Å². The molecular weight excluding hydrogens is 463 g/mol. The van der Waals surface area contributed by atoms with Crippen molar-refractivity contribution in [3.63, 3.8) is 0 Å². The van der Waals surface area contributed by atoms with Crippen molar-refractivity contribution in [3.8, 4) is 5.75 Å². The van der Waals surface area contributed by atoms with E-state index in [9.17, 15) is 27.6 Å². The average molecular weight is 486 g/mol. The lowest BCUT2D eigenvalue weighted by molar-refractivity contribution is -0.137. The van der Waals surface area contributed by atoms with Gasteiger partial charge >= 0.3 is 6.18 Å². The van der Waals surface area contributed by atoms with E-state index >= 15 is 0 Å². The second kappa shape index (κ2) is 11.6. The Bertz CT molecular complexity index is 997. The standard InChI is InChI=1S/C22H23ClF3N3O4/c1-29(13-19(30)28-15-7-10-18(23)17(12-15)22(24,25)26)20(31)4-3-11-27-21(32)14-5-8-16(33-2)9-6-14/h5-10,12H,3-4,11,13H2,1-2H3,(H,27,32)(H,28,30). The molecule has 11 heteroatoms. The van der Waals surface area contributed by atoms with Gasteiger partial charge in [-0.05, 0) is 48.9 Å². The van der Waals surface area contributed by atoms with Crippen LogP contribution in [0.1, 0.15) is 28.8 Å². The van der Waals surface area contributed by atoms with E-state index in [2.05, 4.69) is 10.6 Å². The van der Waals surface area contributed by atoms with Crippen LogP contribution in [0.5, 0.6) is 5.75 Å². The van der Waals surface area contributed by atoms with Crippen molar-refractivity contribution in [3.05, 3.63) is 58.6 Å². The summed E-state index contributed by atoms with van der Waals surface area (Å²) in [5, 5.41) is 4.53. The van der Waals surface area contributed by atoms with Crippen molar-refractivity contribution in [2.45, 2.75) is 19.0 Å². The van der Waals surface area contributed by atoms with Crippen molar-refractivity contribution in [1.29, 1.82) is 0 Å². The summed E-state index contributed by atoms with van der Waals surface area (Å²) >= 11 is 5.55. The van der Waals surface area contributed by atoms with Gasteiger partial charge in [0, 0.05) is 31.3 Å². The monoisotopic (exact) mass is 485 g/mol. The summed E-state index contributed by atoms with van der Waals surface area (Å²) < 4.78 is 43.8. The molecule has 0 radical (unpaired) electrons. The molecule has 3 amide bonds. The normalized spacial score (nSPS) is 11.0. The third-order valence-electron chi connectivity index (χ3n) is 4.57. The highest BCUT2D eigenvalue weighted by molar-refractivity contribution is 6.31. The molecule has 0 spiro atoms. The number of nitrogens with zero attached hydrogens (tertiary/aromatic N) is 1. The van der Waals surface area contributed by atoms with E-state index in [1.54, 1.807) is 24.3 Å². The number of hydrogen-bond donors (Lipinski definition) is 2. The van der Waals surface area contributed by atoms with Crippen LogP contribution in [0, 0.1) is 0 Å². The van der Waals surface area contributed by atoms with E-state index in [-0.39, 0.29) is 37.0 Å². The molecule has 0 aliphatic rings. The number of benzene rings is 2. The van der Waals surface area contributed by atoms with Gasteiger partial charge in [-0.2, -0.15) is 13.2 Å².